The van der Waals surface area contributed by atoms with Gasteiger partial charge in [-0.1, -0.05) is 23.7 Å². The zero-order chi connectivity index (χ0) is 17.3. The summed E-state index contributed by atoms with van der Waals surface area (Å²) in [6, 6.07) is 9.56. The predicted octanol–water partition coefficient (Wildman–Crippen LogP) is 2.76. The van der Waals surface area contributed by atoms with Gasteiger partial charge in [-0.05, 0) is 43.8 Å². The van der Waals surface area contributed by atoms with Gasteiger partial charge < -0.3 is 15.5 Å². The lowest BCUT2D eigenvalue weighted by Crippen LogP contribution is -2.38. The van der Waals surface area contributed by atoms with Gasteiger partial charge in [-0.15, -0.1) is 0 Å². The average Bonchev–Trinajstić information content (AvgIpc) is 3.02. The molecule has 24 heavy (non-hydrogen) atoms. The molecule has 0 radical (unpaired) electrons. The Hall–Kier alpha value is -2.11. The Morgan fingerprint density at radius 2 is 2.17 bits per heavy atom. The largest absolute Gasteiger partial charge is 0.382 e. The molecule has 1 saturated heterocycles. The molecule has 0 saturated carbocycles. The third-order valence-electron chi connectivity index (χ3n) is 4.55. The van der Waals surface area contributed by atoms with Gasteiger partial charge in [-0.3, -0.25) is 4.79 Å². The molecular weight excluding hydrogens is 324 g/mol. The van der Waals surface area contributed by atoms with Crippen LogP contribution >= 0.6 is 11.6 Å². The molecule has 1 aromatic carbocycles. The van der Waals surface area contributed by atoms with Crippen molar-refractivity contribution < 1.29 is 4.79 Å². The lowest BCUT2D eigenvalue weighted by molar-refractivity contribution is 0.0737. The quantitative estimate of drug-likeness (QED) is 0.930. The minimum absolute atomic E-state index is 0.0339. The van der Waals surface area contributed by atoms with Crippen LogP contribution in [0.4, 0.5) is 5.82 Å². The van der Waals surface area contributed by atoms with Crippen molar-refractivity contribution in [2.45, 2.75) is 12.5 Å². The van der Waals surface area contributed by atoms with E-state index in [0.717, 1.165) is 30.6 Å². The maximum Gasteiger partial charge on any atom is 0.253 e. The highest BCUT2D eigenvalue weighted by Crippen LogP contribution is 2.26. The van der Waals surface area contributed by atoms with E-state index in [-0.39, 0.29) is 11.9 Å². The fourth-order valence-corrected chi connectivity index (χ4v) is 3.20. The first-order valence-corrected chi connectivity index (χ1v) is 8.30. The zero-order valence-corrected chi connectivity index (χ0v) is 14.6. The third-order valence-corrected chi connectivity index (χ3v) is 4.85. The highest BCUT2D eigenvalue weighted by atomic mass is 35.5. The molecule has 0 aliphatic carbocycles. The van der Waals surface area contributed by atoms with E-state index >= 15 is 0 Å². The summed E-state index contributed by atoms with van der Waals surface area (Å²) < 4.78 is 0. The molecule has 0 bridgehead atoms. The van der Waals surface area contributed by atoms with Crippen LogP contribution in [0.2, 0.25) is 5.02 Å². The molecule has 0 spiro atoms. The Morgan fingerprint density at radius 3 is 2.83 bits per heavy atom. The number of amides is 1. The van der Waals surface area contributed by atoms with Gasteiger partial charge in [0.15, 0.2) is 0 Å². The topological polar surface area (TPSA) is 62.5 Å². The molecule has 5 nitrogen and oxygen atoms in total. The number of hydrogen-bond donors (Lipinski definition) is 1. The average molecular weight is 345 g/mol. The van der Waals surface area contributed by atoms with Gasteiger partial charge in [0.1, 0.15) is 5.82 Å². The van der Waals surface area contributed by atoms with Crippen LogP contribution < -0.4 is 5.73 Å². The van der Waals surface area contributed by atoms with E-state index in [1.165, 1.54) is 0 Å². The molecular formula is C18H21ClN4O. The zero-order valence-electron chi connectivity index (χ0n) is 13.9. The van der Waals surface area contributed by atoms with Crippen molar-refractivity contribution in [3.63, 3.8) is 0 Å². The van der Waals surface area contributed by atoms with Crippen LogP contribution in [0.5, 0.6) is 0 Å². The number of likely N-dealkylation sites (N-methyl/N-ethyl adjacent to an activating group) is 2. The highest BCUT2D eigenvalue weighted by Gasteiger charge is 2.27. The van der Waals surface area contributed by atoms with Crippen molar-refractivity contribution >= 4 is 23.3 Å². The number of carbonyl (C=O) groups excluding carboxylic acids is 1. The number of aromatic nitrogens is 1. The molecule has 2 aromatic rings. The van der Waals surface area contributed by atoms with E-state index in [9.17, 15) is 4.79 Å². The fraction of sp³-hybridized carbons (Fsp3) is 0.333. The van der Waals surface area contributed by atoms with Crippen molar-refractivity contribution in [3.8, 4) is 11.1 Å². The Labute approximate surface area is 147 Å². The molecule has 1 aliphatic rings. The normalized spacial score (nSPS) is 17.9. The SMILES string of the molecule is CN1CCC(N(C)C(=O)c2cccc(-c3cnc(N)c(Cl)c3)c2)C1. The summed E-state index contributed by atoms with van der Waals surface area (Å²) in [7, 11) is 3.96. The molecule has 2 N–H and O–H groups in total. The number of pyridine rings is 1. The molecule has 1 aromatic heterocycles. The first-order chi connectivity index (χ1) is 11.5. The Kier molecular flexibility index (Phi) is 4.73. The number of nitrogen functional groups attached to an aromatic ring is 1. The molecule has 6 heteroatoms. The number of rotatable bonds is 3. The maximum absolute atomic E-state index is 12.8. The van der Waals surface area contributed by atoms with Crippen molar-refractivity contribution in [1.82, 2.24) is 14.8 Å². The third kappa shape index (κ3) is 3.37. The minimum Gasteiger partial charge on any atom is -0.382 e. The van der Waals surface area contributed by atoms with Crippen LogP contribution in [-0.4, -0.2) is 53.9 Å². The van der Waals surface area contributed by atoms with E-state index in [2.05, 4.69) is 16.9 Å². The van der Waals surface area contributed by atoms with Crippen molar-refractivity contribution in [3.05, 3.63) is 47.1 Å². The second-order valence-corrected chi connectivity index (χ2v) is 6.70. The number of halogens is 1. The van der Waals surface area contributed by atoms with Crippen LogP contribution in [0.1, 0.15) is 16.8 Å². The predicted molar refractivity (Wildman–Crippen MR) is 97.1 cm³/mol. The molecule has 1 atom stereocenters. The summed E-state index contributed by atoms with van der Waals surface area (Å²) in [6.45, 7) is 1.94. The molecule has 1 aliphatic heterocycles. The van der Waals surface area contributed by atoms with Crippen molar-refractivity contribution in [2.24, 2.45) is 0 Å². The summed E-state index contributed by atoms with van der Waals surface area (Å²) >= 11 is 6.05. The summed E-state index contributed by atoms with van der Waals surface area (Å²) in [5, 5.41) is 0.412. The van der Waals surface area contributed by atoms with Gasteiger partial charge in [0.05, 0.1) is 5.02 Å². The Morgan fingerprint density at radius 1 is 1.38 bits per heavy atom. The first kappa shape index (κ1) is 16.7. The monoisotopic (exact) mass is 344 g/mol. The van der Waals surface area contributed by atoms with Gasteiger partial charge in [-0.25, -0.2) is 4.98 Å². The molecule has 3 rings (SSSR count). The number of anilines is 1. The molecule has 1 amide bonds. The summed E-state index contributed by atoms with van der Waals surface area (Å²) in [5.41, 5.74) is 8.06. The molecule has 2 heterocycles. The van der Waals surface area contributed by atoms with Crippen LogP contribution in [0.25, 0.3) is 11.1 Å². The molecule has 1 unspecified atom stereocenters. The van der Waals surface area contributed by atoms with Crippen LogP contribution in [0, 0.1) is 0 Å². The fourth-order valence-electron chi connectivity index (χ4n) is 3.04. The van der Waals surface area contributed by atoms with Gasteiger partial charge in [0.25, 0.3) is 5.91 Å². The number of hydrogen-bond acceptors (Lipinski definition) is 4. The minimum atomic E-state index is 0.0339. The number of benzene rings is 1. The Balaban J connectivity index is 1.84. The molecule has 1 fully saturated rings. The standard InChI is InChI=1S/C18H21ClN4O/c1-22-7-6-15(11-22)23(2)18(24)13-5-3-4-12(8-13)14-9-16(19)17(20)21-10-14/h3-5,8-10,15H,6-7,11H2,1-2H3,(H2,20,21). The van der Waals surface area contributed by atoms with Crippen molar-refractivity contribution in [1.29, 1.82) is 0 Å². The first-order valence-electron chi connectivity index (χ1n) is 7.93. The summed E-state index contributed by atoms with van der Waals surface area (Å²) in [5.74, 6) is 0.337. The lowest BCUT2D eigenvalue weighted by atomic mass is 10.0. The van der Waals surface area contributed by atoms with E-state index in [4.69, 9.17) is 17.3 Å². The van der Waals surface area contributed by atoms with Gasteiger partial charge in [0, 0.05) is 37.0 Å². The van der Waals surface area contributed by atoms with E-state index < -0.39 is 0 Å². The highest BCUT2D eigenvalue weighted by molar-refractivity contribution is 6.33. The van der Waals surface area contributed by atoms with E-state index in [1.54, 1.807) is 12.3 Å². The van der Waals surface area contributed by atoms with Crippen LogP contribution in [-0.2, 0) is 0 Å². The van der Waals surface area contributed by atoms with Crippen LogP contribution in [0.3, 0.4) is 0 Å². The maximum atomic E-state index is 12.8. The number of nitrogens with two attached hydrogens (primary N) is 1. The number of nitrogens with zero attached hydrogens (tertiary/aromatic N) is 3. The van der Waals surface area contributed by atoms with Gasteiger partial charge in [-0.2, -0.15) is 0 Å². The number of likely N-dealkylation sites (tertiary alicyclic amines) is 1. The van der Waals surface area contributed by atoms with Crippen LogP contribution in [0.15, 0.2) is 36.5 Å². The summed E-state index contributed by atoms with van der Waals surface area (Å²) in [6.07, 6.45) is 2.68. The van der Waals surface area contributed by atoms with Gasteiger partial charge in [0.2, 0.25) is 0 Å². The van der Waals surface area contributed by atoms with Crippen molar-refractivity contribution in [2.75, 3.05) is 32.9 Å². The number of carbonyl (C=O) groups is 1. The lowest BCUT2D eigenvalue weighted by Gasteiger charge is -2.24. The molecule has 126 valence electrons. The van der Waals surface area contributed by atoms with Gasteiger partial charge >= 0.3 is 0 Å². The van der Waals surface area contributed by atoms with E-state index in [1.807, 2.05) is 36.2 Å². The second-order valence-electron chi connectivity index (χ2n) is 6.29. The van der Waals surface area contributed by atoms with E-state index in [0.29, 0.717) is 16.4 Å². The second kappa shape index (κ2) is 6.79. The smallest absolute Gasteiger partial charge is 0.253 e. The Bertz CT molecular complexity index is 764. The summed E-state index contributed by atoms with van der Waals surface area (Å²) in [4.78, 5) is 21.0.